The van der Waals surface area contributed by atoms with E-state index in [-0.39, 0.29) is 0 Å². The topological polar surface area (TPSA) is 50.1 Å². The highest BCUT2D eigenvalue weighted by Crippen LogP contribution is 2.15. The molecule has 106 valence electrons. The van der Waals surface area contributed by atoms with Crippen LogP contribution in [0.3, 0.4) is 0 Å². The summed E-state index contributed by atoms with van der Waals surface area (Å²) in [6.45, 7) is 0. The second kappa shape index (κ2) is 5.84. The van der Waals surface area contributed by atoms with Crippen LogP contribution < -0.4 is 8.69 Å². The molecule has 0 bridgehead atoms. The van der Waals surface area contributed by atoms with E-state index in [0.29, 0.717) is 5.52 Å². The minimum atomic E-state index is -6.00. The van der Waals surface area contributed by atoms with Crippen molar-refractivity contribution in [1.82, 2.24) is 4.72 Å². The van der Waals surface area contributed by atoms with Crippen LogP contribution in [0.5, 0.6) is 0 Å². The minimum absolute atomic E-state index is 0.701. The van der Waals surface area contributed by atoms with E-state index in [0.717, 1.165) is 4.70 Å². The van der Waals surface area contributed by atoms with Crippen LogP contribution in [0.4, 0.5) is 17.3 Å². The molecule has 0 spiro atoms. The predicted molar refractivity (Wildman–Crippen MR) is 65.6 cm³/mol. The lowest BCUT2D eigenvalue weighted by Gasteiger charge is -1.94. The van der Waals surface area contributed by atoms with Crippen molar-refractivity contribution in [3.05, 3.63) is 29.8 Å². The number of hydrogen-bond acceptors (Lipinski definition) is 3. The van der Waals surface area contributed by atoms with Crippen LogP contribution in [0.2, 0.25) is 0 Å². The lowest BCUT2D eigenvalue weighted by molar-refractivity contribution is -0.476. The van der Waals surface area contributed by atoms with E-state index in [1.54, 1.807) is 11.6 Å². The Morgan fingerprint density at radius 2 is 1.74 bits per heavy atom. The average Bonchev–Trinajstić information content (AvgIpc) is 2.71. The van der Waals surface area contributed by atoms with Crippen molar-refractivity contribution in [1.29, 1.82) is 0 Å². The molecule has 1 aromatic carbocycles. The summed E-state index contributed by atoms with van der Waals surface area (Å²) in [5.74, 6) is 0. The SMILES string of the molecule is CNS(=O)(=O)[n+]1csc2ccccc21.F[B-](F)(F)F. The van der Waals surface area contributed by atoms with Gasteiger partial charge in [-0.2, -0.15) is 4.72 Å². The van der Waals surface area contributed by atoms with Gasteiger partial charge in [0.2, 0.25) is 11.0 Å². The number of hydrogen-bond donors (Lipinski definition) is 1. The molecule has 0 radical (unpaired) electrons. The van der Waals surface area contributed by atoms with Crippen LogP contribution in [-0.2, 0) is 10.2 Å². The highest BCUT2D eigenvalue weighted by Gasteiger charge is 2.24. The smallest absolute Gasteiger partial charge is 0.418 e. The molecule has 0 fully saturated rings. The van der Waals surface area contributed by atoms with Crippen molar-refractivity contribution in [2.45, 2.75) is 0 Å². The van der Waals surface area contributed by atoms with Gasteiger partial charge in [-0.05, 0) is 6.07 Å². The first-order valence-electron chi connectivity index (χ1n) is 4.84. The third-order valence-corrected chi connectivity index (χ3v) is 4.28. The quantitative estimate of drug-likeness (QED) is 0.522. The monoisotopic (exact) mass is 316 g/mol. The van der Waals surface area contributed by atoms with Gasteiger partial charge in [-0.3, -0.25) is 0 Å². The zero-order valence-electron chi connectivity index (χ0n) is 9.56. The van der Waals surface area contributed by atoms with Gasteiger partial charge < -0.3 is 17.3 Å². The number of benzene rings is 1. The molecule has 0 saturated heterocycles. The van der Waals surface area contributed by atoms with E-state index < -0.39 is 17.5 Å². The summed E-state index contributed by atoms with van der Waals surface area (Å²) < 4.78 is 66.5. The number of nitrogens with one attached hydrogen (secondary N) is 1. The Morgan fingerprint density at radius 1 is 1.21 bits per heavy atom. The van der Waals surface area contributed by atoms with Gasteiger partial charge >= 0.3 is 17.5 Å². The molecule has 1 aromatic heterocycles. The number of thiazole rings is 1. The molecule has 0 saturated carbocycles. The first-order valence-corrected chi connectivity index (χ1v) is 7.16. The molecule has 0 aliphatic rings. The Morgan fingerprint density at radius 3 is 2.26 bits per heavy atom. The second-order valence-corrected chi connectivity index (χ2v) is 5.83. The molecule has 2 rings (SSSR count). The number of para-hydroxylation sites is 1. The Kier molecular flexibility index (Phi) is 4.88. The van der Waals surface area contributed by atoms with Gasteiger partial charge in [0.05, 0.1) is 0 Å². The molecule has 11 heteroatoms. The Hall–Kier alpha value is -1.20. The van der Waals surface area contributed by atoms with E-state index in [9.17, 15) is 25.7 Å². The third-order valence-electron chi connectivity index (χ3n) is 1.90. The molecule has 0 aliphatic carbocycles. The van der Waals surface area contributed by atoms with Gasteiger partial charge in [0.25, 0.3) is 0 Å². The number of halogens is 4. The summed E-state index contributed by atoms with van der Waals surface area (Å²) in [5.41, 5.74) is 2.28. The molecule has 2 aromatic rings. The first-order chi connectivity index (χ1) is 8.65. The van der Waals surface area contributed by atoms with Gasteiger partial charge in [-0.15, -0.1) is 8.42 Å². The summed E-state index contributed by atoms with van der Waals surface area (Å²) in [6, 6.07) is 7.37. The highest BCUT2D eigenvalue weighted by atomic mass is 32.2. The van der Waals surface area contributed by atoms with Gasteiger partial charge in [-0.1, -0.05) is 27.4 Å². The van der Waals surface area contributed by atoms with Crippen LogP contribution >= 0.6 is 11.3 Å². The van der Waals surface area contributed by atoms with Gasteiger partial charge in [0.1, 0.15) is 4.70 Å². The lowest BCUT2D eigenvalue weighted by Crippen LogP contribution is -2.48. The maximum absolute atomic E-state index is 11.5. The number of rotatable bonds is 2. The predicted octanol–water partition coefficient (Wildman–Crippen LogP) is 1.80. The summed E-state index contributed by atoms with van der Waals surface area (Å²) in [4.78, 5) is 0. The van der Waals surface area contributed by atoms with Crippen LogP contribution in [0, 0.1) is 0 Å². The fourth-order valence-electron chi connectivity index (χ4n) is 1.18. The zero-order valence-corrected chi connectivity index (χ0v) is 11.2. The fraction of sp³-hybridized carbons (Fsp3) is 0.125. The molecule has 4 nitrogen and oxygen atoms in total. The number of nitrogens with zero attached hydrogens (tertiary/aromatic N) is 1. The molecule has 0 aliphatic heterocycles. The largest absolute Gasteiger partial charge is 0.673 e. The molecule has 19 heavy (non-hydrogen) atoms. The van der Waals surface area contributed by atoms with Crippen molar-refractivity contribution in [3.8, 4) is 0 Å². The van der Waals surface area contributed by atoms with E-state index in [2.05, 4.69) is 4.72 Å². The molecular weight excluding hydrogens is 307 g/mol. The molecular formula is C8H9BF4N2O2S2. The van der Waals surface area contributed by atoms with Crippen molar-refractivity contribution < 1.29 is 29.7 Å². The maximum atomic E-state index is 11.5. The summed E-state index contributed by atoms with van der Waals surface area (Å²) in [7, 11) is -8.01. The molecule has 0 atom stereocenters. The van der Waals surface area contributed by atoms with Crippen LogP contribution in [0.25, 0.3) is 10.2 Å². The van der Waals surface area contributed by atoms with Crippen LogP contribution in [0.1, 0.15) is 0 Å². The minimum Gasteiger partial charge on any atom is -0.418 e. The Bertz CT molecular complexity index is 650. The van der Waals surface area contributed by atoms with Gasteiger partial charge in [0.15, 0.2) is 0 Å². The Labute approximate surface area is 111 Å². The van der Waals surface area contributed by atoms with E-state index >= 15 is 0 Å². The van der Waals surface area contributed by atoms with E-state index in [1.165, 1.54) is 22.4 Å². The molecule has 1 N–H and O–H groups in total. The summed E-state index contributed by atoms with van der Waals surface area (Å²) in [6.07, 6.45) is 0. The number of aromatic nitrogens is 1. The lowest BCUT2D eigenvalue weighted by atomic mass is 10.3. The van der Waals surface area contributed by atoms with Gasteiger partial charge in [0, 0.05) is 13.1 Å². The highest BCUT2D eigenvalue weighted by molar-refractivity contribution is 7.83. The third kappa shape index (κ3) is 4.76. The molecule has 0 unspecified atom stereocenters. The molecule has 0 amide bonds. The first kappa shape index (κ1) is 15.9. The normalized spacial score (nSPS) is 12.1. The average molecular weight is 316 g/mol. The fourth-order valence-corrected chi connectivity index (χ4v) is 3.21. The van der Waals surface area contributed by atoms with Crippen LogP contribution in [0.15, 0.2) is 29.8 Å². The van der Waals surface area contributed by atoms with Crippen molar-refractivity contribution in [3.63, 3.8) is 0 Å². The zero-order chi connectivity index (χ0) is 14.7. The summed E-state index contributed by atoms with van der Waals surface area (Å²) >= 11 is 1.40. The molecule has 1 heterocycles. The van der Waals surface area contributed by atoms with Crippen molar-refractivity contribution in [2.75, 3.05) is 7.05 Å². The number of fused-ring (bicyclic) bond motifs is 1. The maximum Gasteiger partial charge on any atom is 0.673 e. The van der Waals surface area contributed by atoms with E-state index in [1.807, 2.05) is 18.2 Å². The Balaban J connectivity index is 0.000000312. The van der Waals surface area contributed by atoms with E-state index in [4.69, 9.17) is 0 Å². The van der Waals surface area contributed by atoms with Crippen molar-refractivity contribution in [2.24, 2.45) is 0 Å². The van der Waals surface area contributed by atoms with Crippen LogP contribution in [-0.4, -0.2) is 22.7 Å². The standard InChI is InChI=1S/C8H9N2O2S2.BF4/c1-9-14(11,12)10-6-13-8-5-3-2-4-7(8)10;2-1(3,4)5/h2-6,9H,1H3;/q+1;-1. The van der Waals surface area contributed by atoms with Crippen molar-refractivity contribution >= 4 is 39.0 Å². The second-order valence-electron chi connectivity index (χ2n) is 3.19. The summed E-state index contributed by atoms with van der Waals surface area (Å²) in [5, 5.41) is 0. The van der Waals surface area contributed by atoms with Gasteiger partial charge in [-0.25, -0.2) is 0 Å².